The van der Waals surface area contributed by atoms with E-state index >= 15 is 0 Å². The summed E-state index contributed by atoms with van der Waals surface area (Å²) in [6.07, 6.45) is 1.91. The van der Waals surface area contributed by atoms with Gasteiger partial charge in [-0.2, -0.15) is 8.78 Å². The molecule has 0 amide bonds. The molecule has 3 nitrogen and oxygen atoms in total. The van der Waals surface area contributed by atoms with Crippen molar-refractivity contribution in [3.8, 4) is 0 Å². The second kappa shape index (κ2) is 4.21. The lowest BCUT2D eigenvalue weighted by molar-refractivity contribution is -0.168. The highest BCUT2D eigenvalue weighted by molar-refractivity contribution is 5.75. The number of likely N-dealkylation sites (tertiary alicyclic amines) is 1. The highest BCUT2D eigenvalue weighted by Crippen LogP contribution is 2.21. The van der Waals surface area contributed by atoms with Gasteiger partial charge in [0.15, 0.2) is 0 Å². The number of hydrogen-bond donors (Lipinski definition) is 1. The number of rotatable bonds is 3. The number of alkyl halides is 2. The van der Waals surface area contributed by atoms with Crippen LogP contribution < -0.4 is 0 Å². The molecule has 1 fully saturated rings. The third-order valence-electron chi connectivity index (χ3n) is 2.48. The molecule has 82 valence electrons. The van der Waals surface area contributed by atoms with Crippen LogP contribution in [0.3, 0.4) is 0 Å². The summed E-state index contributed by atoms with van der Waals surface area (Å²) >= 11 is 0. The minimum atomic E-state index is -3.61. The molecule has 0 spiro atoms. The maximum Gasteiger partial charge on any atom is 0.375 e. The van der Waals surface area contributed by atoms with E-state index in [4.69, 9.17) is 5.11 Å². The van der Waals surface area contributed by atoms with Gasteiger partial charge in [-0.15, -0.1) is 0 Å². The van der Waals surface area contributed by atoms with Gasteiger partial charge in [0.25, 0.3) is 0 Å². The van der Waals surface area contributed by atoms with Crippen LogP contribution in [-0.4, -0.2) is 41.5 Å². The number of carbonyl (C=O) groups is 1. The van der Waals surface area contributed by atoms with Gasteiger partial charge in [-0.1, -0.05) is 6.92 Å². The molecule has 1 unspecified atom stereocenters. The summed E-state index contributed by atoms with van der Waals surface area (Å²) in [7, 11) is 0. The Morgan fingerprint density at radius 1 is 1.64 bits per heavy atom. The van der Waals surface area contributed by atoms with Gasteiger partial charge < -0.3 is 5.11 Å². The maximum atomic E-state index is 12.8. The zero-order valence-electron chi connectivity index (χ0n) is 8.17. The van der Waals surface area contributed by atoms with Gasteiger partial charge in [0, 0.05) is 6.54 Å². The predicted molar refractivity (Wildman–Crippen MR) is 47.4 cm³/mol. The third kappa shape index (κ3) is 2.90. The number of piperidine rings is 1. The van der Waals surface area contributed by atoms with Crippen LogP contribution in [0.25, 0.3) is 0 Å². The van der Waals surface area contributed by atoms with Gasteiger partial charge in [-0.25, -0.2) is 4.79 Å². The Balaban J connectivity index is 2.47. The SMILES string of the molecule is CC1CCCN(CC(F)(F)C(=O)O)C1. The molecule has 14 heavy (non-hydrogen) atoms. The molecular weight excluding hydrogens is 192 g/mol. The molecule has 0 aromatic heterocycles. The summed E-state index contributed by atoms with van der Waals surface area (Å²) in [5.74, 6) is -5.26. The van der Waals surface area contributed by atoms with Gasteiger partial charge >= 0.3 is 11.9 Å². The highest BCUT2D eigenvalue weighted by Gasteiger charge is 2.41. The number of halogens is 2. The molecule has 1 N–H and O–H groups in total. The molecule has 0 aromatic rings. The third-order valence-corrected chi connectivity index (χ3v) is 2.48. The summed E-state index contributed by atoms with van der Waals surface area (Å²) in [6.45, 7) is 2.48. The normalized spacial score (nSPS) is 24.9. The van der Waals surface area contributed by atoms with E-state index in [9.17, 15) is 13.6 Å². The molecule has 0 radical (unpaired) electrons. The van der Waals surface area contributed by atoms with Gasteiger partial charge in [0.1, 0.15) is 0 Å². The van der Waals surface area contributed by atoms with Crippen molar-refractivity contribution >= 4 is 5.97 Å². The number of aliphatic carboxylic acids is 1. The van der Waals surface area contributed by atoms with Crippen LogP contribution >= 0.6 is 0 Å². The van der Waals surface area contributed by atoms with E-state index in [1.165, 1.54) is 4.90 Å². The molecule has 1 atom stereocenters. The summed E-state index contributed by atoms with van der Waals surface area (Å²) in [6, 6.07) is 0. The average molecular weight is 207 g/mol. The molecule has 0 aromatic carbocycles. The van der Waals surface area contributed by atoms with Crippen molar-refractivity contribution in [3.63, 3.8) is 0 Å². The van der Waals surface area contributed by atoms with Crippen molar-refractivity contribution in [2.45, 2.75) is 25.7 Å². The van der Waals surface area contributed by atoms with Crippen molar-refractivity contribution < 1.29 is 18.7 Å². The zero-order valence-corrected chi connectivity index (χ0v) is 8.17. The van der Waals surface area contributed by atoms with E-state index in [1.54, 1.807) is 0 Å². The maximum absolute atomic E-state index is 12.8. The fourth-order valence-electron chi connectivity index (χ4n) is 1.78. The zero-order chi connectivity index (χ0) is 10.8. The van der Waals surface area contributed by atoms with Gasteiger partial charge in [0.2, 0.25) is 0 Å². The topological polar surface area (TPSA) is 40.5 Å². The van der Waals surface area contributed by atoms with Crippen LogP contribution in [0.4, 0.5) is 8.78 Å². The Kier molecular flexibility index (Phi) is 3.42. The molecule has 1 rings (SSSR count). The molecule has 0 saturated carbocycles. The average Bonchev–Trinajstić information content (AvgIpc) is 2.02. The highest BCUT2D eigenvalue weighted by atomic mass is 19.3. The second-order valence-corrected chi connectivity index (χ2v) is 3.99. The minimum Gasteiger partial charge on any atom is -0.477 e. The summed E-state index contributed by atoms with van der Waals surface area (Å²) in [5, 5.41) is 8.26. The quantitative estimate of drug-likeness (QED) is 0.761. The van der Waals surface area contributed by atoms with Gasteiger partial charge in [0.05, 0.1) is 6.54 Å². The van der Waals surface area contributed by atoms with Gasteiger partial charge in [-0.05, 0) is 25.3 Å². The molecule has 5 heteroatoms. The van der Waals surface area contributed by atoms with Gasteiger partial charge in [-0.3, -0.25) is 4.90 Å². The number of hydrogen-bond acceptors (Lipinski definition) is 2. The molecule has 1 aliphatic rings. The second-order valence-electron chi connectivity index (χ2n) is 3.99. The smallest absolute Gasteiger partial charge is 0.375 e. The lowest BCUT2D eigenvalue weighted by Gasteiger charge is -2.32. The first kappa shape index (κ1) is 11.4. The molecule has 1 heterocycles. The fraction of sp³-hybridized carbons (Fsp3) is 0.889. The first-order valence-electron chi connectivity index (χ1n) is 4.75. The van der Waals surface area contributed by atoms with Crippen molar-refractivity contribution in [2.24, 2.45) is 5.92 Å². The Hall–Kier alpha value is -0.710. The van der Waals surface area contributed by atoms with Crippen molar-refractivity contribution in [2.75, 3.05) is 19.6 Å². The predicted octanol–water partition coefficient (Wildman–Crippen LogP) is 1.44. The fourth-order valence-corrected chi connectivity index (χ4v) is 1.78. The number of nitrogens with zero attached hydrogens (tertiary/aromatic N) is 1. The first-order chi connectivity index (χ1) is 6.42. The molecular formula is C9H15F2NO2. The van der Waals surface area contributed by atoms with E-state index in [-0.39, 0.29) is 0 Å². The number of carboxylic acids is 1. The Labute approximate surface area is 81.7 Å². The summed E-state index contributed by atoms with van der Waals surface area (Å²) < 4.78 is 25.6. The van der Waals surface area contributed by atoms with E-state index in [0.717, 1.165) is 12.8 Å². The van der Waals surface area contributed by atoms with E-state index in [1.807, 2.05) is 6.92 Å². The summed E-state index contributed by atoms with van der Waals surface area (Å²) in [5.41, 5.74) is 0. The molecule has 1 saturated heterocycles. The van der Waals surface area contributed by atoms with Crippen molar-refractivity contribution in [3.05, 3.63) is 0 Å². The minimum absolute atomic E-state index is 0.383. The lowest BCUT2D eigenvalue weighted by Crippen LogP contribution is -2.45. The van der Waals surface area contributed by atoms with E-state index < -0.39 is 18.4 Å². The van der Waals surface area contributed by atoms with Crippen LogP contribution in [0, 0.1) is 5.92 Å². The Morgan fingerprint density at radius 3 is 2.79 bits per heavy atom. The van der Waals surface area contributed by atoms with Crippen LogP contribution in [0.2, 0.25) is 0 Å². The number of carboxylic acid groups (broad SMARTS) is 1. The van der Waals surface area contributed by atoms with E-state index in [2.05, 4.69) is 0 Å². The van der Waals surface area contributed by atoms with Crippen LogP contribution in [-0.2, 0) is 4.79 Å². The monoisotopic (exact) mass is 207 g/mol. The Morgan fingerprint density at radius 2 is 2.29 bits per heavy atom. The molecule has 0 bridgehead atoms. The summed E-state index contributed by atoms with van der Waals surface area (Å²) in [4.78, 5) is 11.7. The standard InChI is InChI=1S/C9H15F2NO2/c1-7-3-2-4-12(5-7)6-9(10,11)8(13)14/h7H,2-6H2,1H3,(H,13,14). The van der Waals surface area contributed by atoms with Crippen molar-refractivity contribution in [1.29, 1.82) is 0 Å². The van der Waals surface area contributed by atoms with Crippen LogP contribution in [0.15, 0.2) is 0 Å². The molecule has 0 aliphatic carbocycles. The molecule has 1 aliphatic heterocycles. The largest absolute Gasteiger partial charge is 0.477 e. The first-order valence-corrected chi connectivity index (χ1v) is 4.75. The Bertz CT molecular complexity index is 221. The van der Waals surface area contributed by atoms with Crippen LogP contribution in [0.1, 0.15) is 19.8 Å². The van der Waals surface area contributed by atoms with Crippen molar-refractivity contribution in [1.82, 2.24) is 4.90 Å². The van der Waals surface area contributed by atoms with Crippen LogP contribution in [0.5, 0.6) is 0 Å². The van der Waals surface area contributed by atoms with E-state index in [0.29, 0.717) is 19.0 Å². The lowest BCUT2D eigenvalue weighted by atomic mass is 10.00.